The van der Waals surface area contributed by atoms with Gasteiger partial charge in [-0.2, -0.15) is 0 Å². The van der Waals surface area contributed by atoms with Gasteiger partial charge in [0.1, 0.15) is 0 Å². The maximum atomic E-state index is 12.2. The van der Waals surface area contributed by atoms with E-state index in [-0.39, 0.29) is 5.91 Å². The molecule has 1 fully saturated rings. The number of halogens is 1. The second-order valence-corrected chi connectivity index (χ2v) is 5.97. The Hall–Kier alpha value is -0.940. The fourth-order valence-electron chi connectivity index (χ4n) is 2.11. The predicted octanol–water partition coefficient (Wildman–Crippen LogP) is 2.52. The lowest BCUT2D eigenvalue weighted by Gasteiger charge is -2.39. The number of thiocarbonyl (C=S) groups is 1. The predicted molar refractivity (Wildman–Crippen MR) is 79.1 cm³/mol. The number of nitrogens with one attached hydrogen (secondary N) is 1. The van der Waals surface area contributed by atoms with Crippen molar-refractivity contribution in [2.45, 2.75) is 25.8 Å². The van der Waals surface area contributed by atoms with Crippen molar-refractivity contribution in [1.29, 1.82) is 0 Å². The summed E-state index contributed by atoms with van der Waals surface area (Å²) in [6.07, 6.45) is 2.56. The van der Waals surface area contributed by atoms with E-state index in [1.807, 2.05) is 24.3 Å². The molecule has 0 radical (unpaired) electrons. The second-order valence-electron chi connectivity index (χ2n) is 4.61. The van der Waals surface area contributed by atoms with E-state index in [1.165, 1.54) is 0 Å². The van der Waals surface area contributed by atoms with Crippen molar-refractivity contribution < 1.29 is 4.79 Å². The van der Waals surface area contributed by atoms with Gasteiger partial charge in [-0.1, -0.05) is 46.7 Å². The molecule has 1 aliphatic carbocycles. The van der Waals surface area contributed by atoms with Gasteiger partial charge in [0.15, 0.2) is 0 Å². The molecule has 3 N–H and O–H groups in total. The molecule has 18 heavy (non-hydrogen) atoms. The van der Waals surface area contributed by atoms with E-state index in [4.69, 9.17) is 18.0 Å². The van der Waals surface area contributed by atoms with Gasteiger partial charge in [-0.15, -0.1) is 0 Å². The third-order valence-corrected chi connectivity index (χ3v) is 4.34. The number of amides is 1. The molecule has 2 rings (SSSR count). The van der Waals surface area contributed by atoms with Gasteiger partial charge < -0.3 is 11.1 Å². The van der Waals surface area contributed by atoms with Gasteiger partial charge in [0.25, 0.3) is 0 Å². The van der Waals surface area contributed by atoms with Gasteiger partial charge in [0, 0.05) is 11.0 Å². The van der Waals surface area contributed by atoms with Gasteiger partial charge in [-0.3, -0.25) is 4.79 Å². The Balaban J connectivity index is 1.98. The standard InChI is InChI=1S/C13H15BrN2OS/c14-10-4-1-3-9(7-10)8-16-12(17)13(11(15)18)5-2-6-13/h1,3-4,7H,2,5-6,8H2,(H2,15,18)(H,16,17). The zero-order chi connectivity index (χ0) is 13.2. The summed E-state index contributed by atoms with van der Waals surface area (Å²) in [5.74, 6) is -0.0405. The molecule has 0 spiro atoms. The minimum absolute atomic E-state index is 0.0405. The Labute approximate surface area is 120 Å². The molecule has 1 aromatic rings. The maximum absolute atomic E-state index is 12.2. The zero-order valence-corrected chi connectivity index (χ0v) is 12.3. The van der Waals surface area contributed by atoms with Crippen LogP contribution in [0.3, 0.4) is 0 Å². The van der Waals surface area contributed by atoms with Crippen LogP contribution in [0.15, 0.2) is 28.7 Å². The number of carbonyl (C=O) groups excluding carboxylic acids is 1. The Morgan fingerprint density at radius 2 is 2.22 bits per heavy atom. The molecule has 1 saturated carbocycles. The first kappa shape index (κ1) is 13.5. The fourth-order valence-corrected chi connectivity index (χ4v) is 2.86. The molecule has 1 aromatic carbocycles. The highest BCUT2D eigenvalue weighted by atomic mass is 79.9. The summed E-state index contributed by atoms with van der Waals surface area (Å²) in [6.45, 7) is 0.503. The largest absolute Gasteiger partial charge is 0.392 e. The molecular weight excluding hydrogens is 312 g/mol. The zero-order valence-electron chi connectivity index (χ0n) is 9.91. The molecule has 0 aromatic heterocycles. The number of benzene rings is 1. The van der Waals surface area contributed by atoms with Crippen molar-refractivity contribution in [3.8, 4) is 0 Å². The van der Waals surface area contributed by atoms with E-state index >= 15 is 0 Å². The molecule has 0 aliphatic heterocycles. The molecule has 5 heteroatoms. The van der Waals surface area contributed by atoms with Crippen molar-refractivity contribution in [3.05, 3.63) is 34.3 Å². The first-order valence-electron chi connectivity index (χ1n) is 5.87. The number of hydrogen-bond acceptors (Lipinski definition) is 2. The van der Waals surface area contributed by atoms with E-state index in [2.05, 4.69) is 21.2 Å². The molecule has 1 aliphatic rings. The second kappa shape index (κ2) is 5.36. The van der Waals surface area contributed by atoms with Crippen LogP contribution in [0, 0.1) is 5.41 Å². The fraction of sp³-hybridized carbons (Fsp3) is 0.385. The minimum atomic E-state index is -0.596. The van der Waals surface area contributed by atoms with Gasteiger partial charge in [-0.25, -0.2) is 0 Å². The molecule has 0 atom stereocenters. The van der Waals surface area contributed by atoms with Crippen LogP contribution < -0.4 is 11.1 Å². The third kappa shape index (κ3) is 2.57. The van der Waals surface area contributed by atoms with Crippen molar-refractivity contribution in [1.82, 2.24) is 5.32 Å². The average molecular weight is 327 g/mol. The van der Waals surface area contributed by atoms with E-state index in [9.17, 15) is 4.79 Å². The Morgan fingerprint density at radius 1 is 1.50 bits per heavy atom. The smallest absolute Gasteiger partial charge is 0.233 e. The average Bonchev–Trinajstić information content (AvgIpc) is 2.24. The summed E-state index contributed by atoms with van der Waals surface area (Å²) in [6, 6.07) is 7.85. The molecule has 0 heterocycles. The first-order chi connectivity index (χ1) is 8.54. The Kier molecular flexibility index (Phi) is 4.02. The summed E-state index contributed by atoms with van der Waals surface area (Å²) in [7, 11) is 0. The Morgan fingerprint density at radius 3 is 2.72 bits per heavy atom. The highest BCUT2D eigenvalue weighted by molar-refractivity contribution is 9.10. The monoisotopic (exact) mass is 326 g/mol. The topological polar surface area (TPSA) is 55.1 Å². The van der Waals surface area contributed by atoms with Crippen molar-refractivity contribution >= 4 is 39.0 Å². The molecular formula is C13H15BrN2OS. The van der Waals surface area contributed by atoms with Crippen LogP contribution in [0.2, 0.25) is 0 Å². The molecule has 1 amide bonds. The maximum Gasteiger partial charge on any atom is 0.233 e. The molecule has 0 bridgehead atoms. The van der Waals surface area contributed by atoms with Crippen LogP contribution in [0.5, 0.6) is 0 Å². The molecule has 96 valence electrons. The normalized spacial score (nSPS) is 16.7. The van der Waals surface area contributed by atoms with Crippen LogP contribution in [-0.4, -0.2) is 10.9 Å². The molecule has 0 unspecified atom stereocenters. The van der Waals surface area contributed by atoms with E-state index in [0.717, 1.165) is 29.3 Å². The van der Waals surface area contributed by atoms with Crippen LogP contribution in [0.1, 0.15) is 24.8 Å². The van der Waals surface area contributed by atoms with Gasteiger partial charge in [0.2, 0.25) is 5.91 Å². The third-order valence-electron chi connectivity index (χ3n) is 3.46. The molecule has 0 saturated heterocycles. The summed E-state index contributed by atoms with van der Waals surface area (Å²) in [5, 5.41) is 2.92. The summed E-state index contributed by atoms with van der Waals surface area (Å²) >= 11 is 8.42. The summed E-state index contributed by atoms with van der Waals surface area (Å²) in [4.78, 5) is 12.5. The van der Waals surface area contributed by atoms with Gasteiger partial charge >= 0.3 is 0 Å². The highest BCUT2D eigenvalue weighted by Gasteiger charge is 2.46. The molecule has 3 nitrogen and oxygen atoms in total. The van der Waals surface area contributed by atoms with Gasteiger partial charge in [0.05, 0.1) is 10.4 Å². The Bertz CT molecular complexity index is 486. The van der Waals surface area contributed by atoms with E-state index in [0.29, 0.717) is 11.5 Å². The quantitative estimate of drug-likeness (QED) is 0.836. The van der Waals surface area contributed by atoms with Crippen LogP contribution in [-0.2, 0) is 11.3 Å². The number of rotatable bonds is 4. The van der Waals surface area contributed by atoms with Crippen molar-refractivity contribution in [2.24, 2.45) is 11.1 Å². The van der Waals surface area contributed by atoms with Crippen molar-refractivity contribution in [2.75, 3.05) is 0 Å². The number of carbonyl (C=O) groups is 1. The van der Waals surface area contributed by atoms with Crippen LogP contribution in [0.25, 0.3) is 0 Å². The number of nitrogens with two attached hydrogens (primary N) is 1. The summed E-state index contributed by atoms with van der Waals surface area (Å²) < 4.78 is 1.00. The van der Waals surface area contributed by atoms with Gasteiger partial charge in [-0.05, 0) is 30.5 Å². The SMILES string of the molecule is NC(=S)C1(C(=O)NCc2cccc(Br)c2)CCC1. The lowest BCUT2D eigenvalue weighted by molar-refractivity contribution is -0.131. The van der Waals surface area contributed by atoms with E-state index in [1.54, 1.807) is 0 Å². The van der Waals surface area contributed by atoms with Crippen LogP contribution >= 0.6 is 28.1 Å². The lowest BCUT2D eigenvalue weighted by atomic mass is 9.68. The lowest BCUT2D eigenvalue weighted by Crippen LogP contribution is -2.52. The number of hydrogen-bond donors (Lipinski definition) is 2. The minimum Gasteiger partial charge on any atom is -0.392 e. The summed E-state index contributed by atoms with van der Waals surface area (Å²) in [5.41, 5.74) is 6.14. The highest BCUT2D eigenvalue weighted by Crippen LogP contribution is 2.41. The van der Waals surface area contributed by atoms with E-state index < -0.39 is 5.41 Å². The first-order valence-corrected chi connectivity index (χ1v) is 7.07. The van der Waals surface area contributed by atoms with Crippen molar-refractivity contribution in [3.63, 3.8) is 0 Å². The van der Waals surface area contributed by atoms with Crippen LogP contribution in [0.4, 0.5) is 0 Å².